The van der Waals surface area contributed by atoms with Crippen LogP contribution in [0, 0.1) is 10.1 Å². The van der Waals surface area contributed by atoms with Gasteiger partial charge < -0.3 is 10.1 Å². The number of hydrogen-bond acceptors (Lipinski definition) is 6. The maximum absolute atomic E-state index is 12.4. The van der Waals surface area contributed by atoms with Crippen molar-refractivity contribution in [1.29, 1.82) is 0 Å². The Morgan fingerprint density at radius 1 is 1.23 bits per heavy atom. The molecule has 10 heteroatoms. The first-order valence-electron chi connectivity index (χ1n) is 8.91. The molecule has 0 aliphatic rings. The van der Waals surface area contributed by atoms with Crippen LogP contribution in [0.4, 0.5) is 11.4 Å². The van der Waals surface area contributed by atoms with Gasteiger partial charge in [0.2, 0.25) is 5.91 Å². The average Bonchev–Trinajstić information content (AvgIpc) is 2.71. The van der Waals surface area contributed by atoms with Crippen LogP contribution in [-0.4, -0.2) is 27.0 Å². The summed E-state index contributed by atoms with van der Waals surface area (Å²) in [7, 11) is 0. The number of carbonyl (C=O) groups excluding carboxylic acids is 1. The molecule has 0 fully saturated rings. The Morgan fingerprint density at radius 2 is 1.97 bits per heavy atom. The summed E-state index contributed by atoms with van der Waals surface area (Å²) in [6.07, 6.45) is 1.28. The van der Waals surface area contributed by atoms with Crippen molar-refractivity contribution in [2.24, 2.45) is 0 Å². The van der Waals surface area contributed by atoms with Crippen LogP contribution in [0.3, 0.4) is 0 Å². The van der Waals surface area contributed by atoms with Gasteiger partial charge >= 0.3 is 0 Å². The van der Waals surface area contributed by atoms with Gasteiger partial charge in [0, 0.05) is 23.4 Å². The van der Waals surface area contributed by atoms with Crippen molar-refractivity contribution >= 4 is 28.9 Å². The van der Waals surface area contributed by atoms with Crippen LogP contribution in [-0.2, 0) is 11.3 Å². The second-order valence-corrected chi connectivity index (χ2v) is 6.58. The summed E-state index contributed by atoms with van der Waals surface area (Å²) in [5.74, 6) is 0.179. The van der Waals surface area contributed by atoms with Crippen LogP contribution < -0.4 is 15.6 Å². The topological polar surface area (TPSA) is 116 Å². The number of carbonyl (C=O) groups is 1. The summed E-state index contributed by atoms with van der Waals surface area (Å²) in [4.78, 5) is 39.1. The maximum atomic E-state index is 12.4. The molecule has 0 atom stereocenters. The number of nitro groups is 1. The highest BCUT2D eigenvalue weighted by Gasteiger charge is 2.14. The molecule has 0 spiro atoms. The normalized spacial score (nSPS) is 10.5. The number of benzene rings is 2. The van der Waals surface area contributed by atoms with E-state index < -0.39 is 16.4 Å². The fourth-order valence-electron chi connectivity index (χ4n) is 2.68. The standard InChI is InChI=1S/C20H17ClN4O5/c1-2-30-15-6-3-13(4-7-15)17-10-20(27)24(12-22-17)11-19(26)23-14-5-8-16(21)18(9-14)25(28)29/h3-10,12H,2,11H2,1H3,(H,23,26). The molecule has 0 saturated carbocycles. The number of aromatic nitrogens is 2. The molecule has 0 aliphatic carbocycles. The van der Waals surface area contributed by atoms with E-state index in [9.17, 15) is 19.7 Å². The van der Waals surface area contributed by atoms with Crippen LogP contribution in [0.15, 0.2) is 59.7 Å². The molecule has 9 nitrogen and oxygen atoms in total. The monoisotopic (exact) mass is 428 g/mol. The van der Waals surface area contributed by atoms with Crippen LogP contribution in [0.1, 0.15) is 6.92 Å². The molecule has 0 bridgehead atoms. The van der Waals surface area contributed by atoms with Crippen molar-refractivity contribution in [3.63, 3.8) is 0 Å². The number of halogens is 1. The first kappa shape index (κ1) is 21.0. The van der Waals surface area contributed by atoms with E-state index in [0.29, 0.717) is 18.1 Å². The number of nitro benzene ring substituents is 1. The molecule has 3 aromatic rings. The van der Waals surface area contributed by atoms with E-state index in [1.807, 2.05) is 6.92 Å². The zero-order chi connectivity index (χ0) is 21.7. The second-order valence-electron chi connectivity index (χ2n) is 6.17. The molecule has 1 aromatic heterocycles. The molecular formula is C20H17ClN4O5. The molecule has 3 rings (SSSR count). The number of anilines is 1. The van der Waals surface area contributed by atoms with Crippen molar-refractivity contribution < 1.29 is 14.5 Å². The first-order valence-corrected chi connectivity index (χ1v) is 9.28. The van der Waals surface area contributed by atoms with Crippen LogP contribution in [0.5, 0.6) is 5.75 Å². The van der Waals surface area contributed by atoms with E-state index in [0.717, 1.165) is 16.2 Å². The predicted molar refractivity (Wildman–Crippen MR) is 112 cm³/mol. The lowest BCUT2D eigenvalue weighted by Crippen LogP contribution is -2.27. The highest BCUT2D eigenvalue weighted by Crippen LogP contribution is 2.27. The zero-order valence-corrected chi connectivity index (χ0v) is 16.6. The van der Waals surface area contributed by atoms with Crippen molar-refractivity contribution in [2.45, 2.75) is 13.5 Å². The molecule has 2 aromatic carbocycles. The van der Waals surface area contributed by atoms with E-state index in [2.05, 4.69) is 10.3 Å². The number of nitrogens with one attached hydrogen (secondary N) is 1. The quantitative estimate of drug-likeness (QED) is 0.454. The van der Waals surface area contributed by atoms with Crippen molar-refractivity contribution in [1.82, 2.24) is 9.55 Å². The number of hydrogen-bond donors (Lipinski definition) is 1. The number of ether oxygens (including phenoxy) is 1. The van der Waals surface area contributed by atoms with Gasteiger partial charge in [-0.25, -0.2) is 4.98 Å². The molecule has 0 radical (unpaired) electrons. The molecule has 154 valence electrons. The third-order valence-corrected chi connectivity index (χ3v) is 4.40. The predicted octanol–water partition coefficient (Wildman–Crippen LogP) is 3.51. The second kappa shape index (κ2) is 9.19. The van der Waals surface area contributed by atoms with Gasteiger partial charge in [-0.05, 0) is 43.3 Å². The minimum atomic E-state index is -0.647. The van der Waals surface area contributed by atoms with E-state index in [1.165, 1.54) is 24.5 Å². The summed E-state index contributed by atoms with van der Waals surface area (Å²) in [5, 5.41) is 13.4. The van der Waals surface area contributed by atoms with Crippen LogP contribution in [0.2, 0.25) is 5.02 Å². The van der Waals surface area contributed by atoms with Gasteiger partial charge in [0.1, 0.15) is 17.3 Å². The molecule has 1 N–H and O–H groups in total. The molecule has 1 heterocycles. The number of rotatable bonds is 7. The fraction of sp³-hybridized carbons (Fsp3) is 0.150. The largest absolute Gasteiger partial charge is 0.494 e. The third-order valence-electron chi connectivity index (χ3n) is 4.08. The SMILES string of the molecule is CCOc1ccc(-c2cc(=O)n(CC(=O)Nc3ccc(Cl)c([N+](=O)[O-])c3)cn2)cc1. The number of nitrogens with zero attached hydrogens (tertiary/aromatic N) is 3. The Labute approximate surface area is 176 Å². The lowest BCUT2D eigenvalue weighted by molar-refractivity contribution is -0.384. The van der Waals surface area contributed by atoms with E-state index >= 15 is 0 Å². The Morgan fingerprint density at radius 3 is 2.60 bits per heavy atom. The summed E-state index contributed by atoms with van der Waals surface area (Å²) in [6, 6.07) is 12.4. The summed E-state index contributed by atoms with van der Waals surface area (Å²) in [6.45, 7) is 2.14. The molecule has 0 saturated heterocycles. The fourth-order valence-corrected chi connectivity index (χ4v) is 2.86. The van der Waals surface area contributed by atoms with Gasteiger partial charge in [-0.15, -0.1) is 0 Å². The Kier molecular flexibility index (Phi) is 6.43. The van der Waals surface area contributed by atoms with Gasteiger partial charge in [-0.3, -0.25) is 24.3 Å². The average molecular weight is 429 g/mol. The minimum absolute atomic E-state index is 0.0386. The minimum Gasteiger partial charge on any atom is -0.494 e. The van der Waals surface area contributed by atoms with Gasteiger partial charge in [0.05, 0.1) is 23.6 Å². The Hall–Kier alpha value is -3.72. The Balaban J connectivity index is 1.71. The molecule has 30 heavy (non-hydrogen) atoms. The van der Waals surface area contributed by atoms with Crippen molar-refractivity contribution in [3.05, 3.63) is 80.3 Å². The molecular weight excluding hydrogens is 412 g/mol. The van der Waals surface area contributed by atoms with Gasteiger partial charge in [-0.2, -0.15) is 0 Å². The van der Waals surface area contributed by atoms with E-state index in [4.69, 9.17) is 16.3 Å². The van der Waals surface area contributed by atoms with E-state index in [1.54, 1.807) is 24.3 Å². The molecule has 1 amide bonds. The molecule has 0 aliphatic heterocycles. The lowest BCUT2D eigenvalue weighted by Gasteiger charge is -2.09. The lowest BCUT2D eigenvalue weighted by atomic mass is 10.1. The van der Waals surface area contributed by atoms with Crippen molar-refractivity contribution in [2.75, 3.05) is 11.9 Å². The smallest absolute Gasteiger partial charge is 0.289 e. The Bertz CT molecular complexity index is 1140. The van der Waals surface area contributed by atoms with Gasteiger partial charge in [0.15, 0.2) is 0 Å². The zero-order valence-electron chi connectivity index (χ0n) is 15.9. The van der Waals surface area contributed by atoms with E-state index in [-0.39, 0.29) is 22.9 Å². The highest BCUT2D eigenvalue weighted by molar-refractivity contribution is 6.32. The van der Waals surface area contributed by atoms with Gasteiger partial charge in [-0.1, -0.05) is 11.6 Å². The van der Waals surface area contributed by atoms with Gasteiger partial charge in [0.25, 0.3) is 11.2 Å². The summed E-state index contributed by atoms with van der Waals surface area (Å²) in [5.41, 5.74) is 0.663. The highest BCUT2D eigenvalue weighted by atomic mass is 35.5. The number of amides is 1. The van der Waals surface area contributed by atoms with Crippen LogP contribution in [0.25, 0.3) is 11.3 Å². The van der Waals surface area contributed by atoms with Crippen LogP contribution >= 0.6 is 11.6 Å². The first-order chi connectivity index (χ1) is 14.4. The van der Waals surface area contributed by atoms with Crippen molar-refractivity contribution in [3.8, 4) is 17.0 Å². The summed E-state index contributed by atoms with van der Waals surface area (Å²) >= 11 is 5.75. The maximum Gasteiger partial charge on any atom is 0.289 e. The third kappa shape index (κ3) is 5.00. The molecule has 0 unspecified atom stereocenters. The summed E-state index contributed by atoms with van der Waals surface area (Å²) < 4.78 is 6.52.